The Balaban J connectivity index is 2.67. The van der Waals surface area contributed by atoms with E-state index in [9.17, 15) is 4.79 Å². The highest BCUT2D eigenvalue weighted by molar-refractivity contribution is 5.76. The summed E-state index contributed by atoms with van der Waals surface area (Å²) in [6.07, 6.45) is 2.26. The molecule has 1 rings (SSSR count). The molecule has 0 saturated heterocycles. The van der Waals surface area contributed by atoms with E-state index in [-0.39, 0.29) is 5.91 Å². The maximum atomic E-state index is 11.3. The number of hydrogen-bond donors (Lipinski definition) is 2. The lowest BCUT2D eigenvalue weighted by Gasteiger charge is -2.21. The van der Waals surface area contributed by atoms with E-state index in [0.717, 1.165) is 17.9 Å². The topological polar surface area (TPSA) is 57.3 Å². The average Bonchev–Trinajstić information content (AvgIpc) is 2.42. The molecule has 0 unspecified atom stereocenters. The molecular formula is C14H24N4O. The van der Waals surface area contributed by atoms with Gasteiger partial charge in [0.15, 0.2) is 0 Å². The minimum atomic E-state index is 0.0460. The summed E-state index contributed by atoms with van der Waals surface area (Å²) in [5.74, 6) is 0.976. The van der Waals surface area contributed by atoms with Crippen LogP contribution in [0.2, 0.25) is 0 Å². The molecule has 0 aliphatic rings. The van der Waals surface area contributed by atoms with Crippen LogP contribution in [0.3, 0.4) is 0 Å². The molecule has 0 saturated carbocycles. The zero-order chi connectivity index (χ0) is 14.3. The van der Waals surface area contributed by atoms with Crippen LogP contribution in [-0.4, -0.2) is 37.6 Å². The SMILES string of the molecule is CNC(=O)CCN(C)c1ncccc1CNC(C)C. The van der Waals surface area contributed by atoms with Crippen LogP contribution in [-0.2, 0) is 11.3 Å². The van der Waals surface area contributed by atoms with E-state index in [1.807, 2.05) is 18.0 Å². The number of carbonyl (C=O) groups excluding carboxylic acids is 1. The average molecular weight is 264 g/mol. The zero-order valence-corrected chi connectivity index (χ0v) is 12.2. The van der Waals surface area contributed by atoms with Crippen molar-refractivity contribution in [3.63, 3.8) is 0 Å². The summed E-state index contributed by atoms with van der Waals surface area (Å²) in [5, 5.41) is 6.02. The summed E-state index contributed by atoms with van der Waals surface area (Å²) in [6.45, 7) is 5.67. The van der Waals surface area contributed by atoms with Crippen LogP contribution < -0.4 is 15.5 Å². The summed E-state index contributed by atoms with van der Waals surface area (Å²) in [6, 6.07) is 4.44. The lowest BCUT2D eigenvalue weighted by atomic mass is 10.2. The number of amides is 1. The minimum absolute atomic E-state index is 0.0460. The second kappa shape index (κ2) is 7.74. The summed E-state index contributed by atoms with van der Waals surface area (Å²) < 4.78 is 0. The quantitative estimate of drug-likeness (QED) is 0.776. The van der Waals surface area contributed by atoms with E-state index in [0.29, 0.717) is 19.0 Å². The molecule has 2 N–H and O–H groups in total. The van der Waals surface area contributed by atoms with Gasteiger partial charge in [-0.3, -0.25) is 4.79 Å². The molecule has 1 heterocycles. The van der Waals surface area contributed by atoms with E-state index >= 15 is 0 Å². The molecule has 1 aromatic heterocycles. The van der Waals surface area contributed by atoms with Crippen molar-refractivity contribution in [2.45, 2.75) is 32.9 Å². The first-order chi connectivity index (χ1) is 9.04. The van der Waals surface area contributed by atoms with E-state index < -0.39 is 0 Å². The zero-order valence-electron chi connectivity index (χ0n) is 12.2. The highest BCUT2D eigenvalue weighted by Gasteiger charge is 2.10. The summed E-state index contributed by atoms with van der Waals surface area (Å²) in [4.78, 5) is 17.7. The van der Waals surface area contributed by atoms with Crippen molar-refractivity contribution in [3.8, 4) is 0 Å². The number of carbonyl (C=O) groups is 1. The maximum absolute atomic E-state index is 11.3. The van der Waals surface area contributed by atoms with Gasteiger partial charge < -0.3 is 15.5 Å². The van der Waals surface area contributed by atoms with Gasteiger partial charge in [0.1, 0.15) is 5.82 Å². The smallest absolute Gasteiger partial charge is 0.221 e. The molecule has 106 valence electrons. The number of hydrogen-bond acceptors (Lipinski definition) is 4. The van der Waals surface area contributed by atoms with Gasteiger partial charge in [-0.2, -0.15) is 0 Å². The van der Waals surface area contributed by atoms with Crippen molar-refractivity contribution >= 4 is 11.7 Å². The third-order valence-electron chi connectivity index (χ3n) is 2.88. The predicted molar refractivity (Wildman–Crippen MR) is 78.2 cm³/mol. The molecule has 0 fully saturated rings. The number of pyridine rings is 1. The van der Waals surface area contributed by atoms with Crippen LogP contribution in [0.5, 0.6) is 0 Å². The van der Waals surface area contributed by atoms with Crippen LogP contribution in [0, 0.1) is 0 Å². The third-order valence-corrected chi connectivity index (χ3v) is 2.88. The van der Waals surface area contributed by atoms with E-state index in [1.54, 1.807) is 13.2 Å². The Kier molecular flexibility index (Phi) is 6.29. The van der Waals surface area contributed by atoms with Crippen LogP contribution in [0.15, 0.2) is 18.3 Å². The van der Waals surface area contributed by atoms with Crippen LogP contribution in [0.4, 0.5) is 5.82 Å². The number of nitrogens with zero attached hydrogens (tertiary/aromatic N) is 2. The van der Waals surface area contributed by atoms with Gasteiger partial charge in [-0.05, 0) is 6.07 Å². The Bertz CT molecular complexity index is 406. The molecule has 19 heavy (non-hydrogen) atoms. The minimum Gasteiger partial charge on any atom is -0.359 e. The molecule has 0 aromatic carbocycles. The third kappa shape index (κ3) is 5.26. The first kappa shape index (κ1) is 15.4. The normalized spacial score (nSPS) is 10.6. The van der Waals surface area contributed by atoms with Crippen LogP contribution in [0.1, 0.15) is 25.8 Å². The molecule has 0 atom stereocenters. The molecule has 1 aromatic rings. The molecule has 0 spiro atoms. The lowest BCUT2D eigenvalue weighted by molar-refractivity contribution is -0.120. The number of aromatic nitrogens is 1. The molecule has 1 amide bonds. The van der Waals surface area contributed by atoms with E-state index in [4.69, 9.17) is 0 Å². The van der Waals surface area contributed by atoms with E-state index in [2.05, 4.69) is 35.5 Å². The highest BCUT2D eigenvalue weighted by atomic mass is 16.1. The molecule has 0 aliphatic carbocycles. The standard InChI is InChI=1S/C14H24N4O/c1-11(2)17-10-12-6-5-8-16-14(12)18(4)9-7-13(19)15-3/h5-6,8,11,17H,7,9-10H2,1-4H3,(H,15,19). The Morgan fingerprint density at radius 2 is 2.21 bits per heavy atom. The molecule has 5 nitrogen and oxygen atoms in total. The number of nitrogens with one attached hydrogen (secondary N) is 2. The van der Waals surface area contributed by atoms with Gasteiger partial charge in [0.2, 0.25) is 5.91 Å². The largest absolute Gasteiger partial charge is 0.359 e. The maximum Gasteiger partial charge on any atom is 0.221 e. The molecular weight excluding hydrogens is 240 g/mol. The first-order valence-corrected chi connectivity index (χ1v) is 6.63. The fourth-order valence-electron chi connectivity index (χ4n) is 1.73. The lowest BCUT2D eigenvalue weighted by Crippen LogP contribution is -2.29. The van der Waals surface area contributed by atoms with Crippen LogP contribution in [0.25, 0.3) is 0 Å². The van der Waals surface area contributed by atoms with Crippen molar-refractivity contribution in [1.82, 2.24) is 15.6 Å². The van der Waals surface area contributed by atoms with Crippen molar-refractivity contribution in [3.05, 3.63) is 23.9 Å². The van der Waals surface area contributed by atoms with Crippen molar-refractivity contribution in [2.75, 3.05) is 25.5 Å². The molecule has 5 heteroatoms. The summed E-state index contributed by atoms with van der Waals surface area (Å²) >= 11 is 0. The number of rotatable bonds is 7. The van der Waals surface area contributed by atoms with E-state index in [1.165, 1.54) is 0 Å². The second-order valence-electron chi connectivity index (χ2n) is 4.87. The van der Waals surface area contributed by atoms with Gasteiger partial charge in [0.05, 0.1) is 0 Å². The van der Waals surface area contributed by atoms with Gasteiger partial charge in [-0.15, -0.1) is 0 Å². The van der Waals surface area contributed by atoms with Gasteiger partial charge >= 0.3 is 0 Å². The summed E-state index contributed by atoms with van der Waals surface area (Å²) in [5.41, 5.74) is 1.15. The number of anilines is 1. The van der Waals surface area contributed by atoms with Crippen molar-refractivity contribution < 1.29 is 4.79 Å². The second-order valence-corrected chi connectivity index (χ2v) is 4.87. The van der Waals surface area contributed by atoms with Crippen LogP contribution >= 0.6 is 0 Å². The first-order valence-electron chi connectivity index (χ1n) is 6.63. The molecule has 0 radical (unpaired) electrons. The fourth-order valence-corrected chi connectivity index (χ4v) is 1.73. The summed E-state index contributed by atoms with van der Waals surface area (Å²) in [7, 11) is 3.62. The van der Waals surface area contributed by atoms with Crippen molar-refractivity contribution in [1.29, 1.82) is 0 Å². The van der Waals surface area contributed by atoms with Gasteiger partial charge in [0, 0.05) is 51.4 Å². The van der Waals surface area contributed by atoms with Gasteiger partial charge in [0.25, 0.3) is 0 Å². The monoisotopic (exact) mass is 264 g/mol. The van der Waals surface area contributed by atoms with Gasteiger partial charge in [-0.25, -0.2) is 4.98 Å². The Morgan fingerprint density at radius 3 is 2.84 bits per heavy atom. The fraction of sp³-hybridized carbons (Fsp3) is 0.571. The van der Waals surface area contributed by atoms with Gasteiger partial charge in [-0.1, -0.05) is 19.9 Å². The molecule has 0 bridgehead atoms. The Labute approximate surface area is 115 Å². The predicted octanol–water partition coefficient (Wildman–Crippen LogP) is 1.15. The Morgan fingerprint density at radius 1 is 1.47 bits per heavy atom. The Hall–Kier alpha value is -1.62. The van der Waals surface area contributed by atoms with Crippen molar-refractivity contribution in [2.24, 2.45) is 0 Å². The molecule has 0 aliphatic heterocycles. The highest BCUT2D eigenvalue weighted by Crippen LogP contribution is 2.15.